The fourth-order valence-electron chi connectivity index (χ4n) is 0.915. The SMILES string of the molecule is CN(CCC(C)(N)C(=O)O)CC(F)(F)F. The molecule has 0 spiro atoms. The number of halogens is 3. The van der Waals surface area contributed by atoms with Crippen LogP contribution in [0.1, 0.15) is 13.3 Å². The van der Waals surface area contributed by atoms with E-state index in [2.05, 4.69) is 0 Å². The summed E-state index contributed by atoms with van der Waals surface area (Å²) in [5.41, 5.74) is 3.88. The first-order valence-corrected chi connectivity index (χ1v) is 4.32. The highest BCUT2D eigenvalue weighted by atomic mass is 19.4. The van der Waals surface area contributed by atoms with Crippen LogP contribution >= 0.6 is 0 Å². The first-order chi connectivity index (χ1) is 6.54. The van der Waals surface area contributed by atoms with Gasteiger partial charge in [-0.05, 0) is 20.4 Å². The van der Waals surface area contributed by atoms with Crippen LogP contribution in [0.3, 0.4) is 0 Å². The Morgan fingerprint density at radius 3 is 2.27 bits per heavy atom. The van der Waals surface area contributed by atoms with E-state index in [4.69, 9.17) is 10.8 Å². The molecule has 7 heteroatoms. The zero-order valence-electron chi connectivity index (χ0n) is 8.64. The minimum atomic E-state index is -4.27. The molecule has 0 aromatic carbocycles. The quantitative estimate of drug-likeness (QED) is 0.726. The van der Waals surface area contributed by atoms with E-state index in [9.17, 15) is 18.0 Å². The molecule has 0 saturated heterocycles. The van der Waals surface area contributed by atoms with E-state index in [1.165, 1.54) is 14.0 Å². The van der Waals surface area contributed by atoms with Crippen molar-refractivity contribution in [2.75, 3.05) is 20.1 Å². The molecular formula is C8H15F3N2O2. The Morgan fingerprint density at radius 1 is 1.47 bits per heavy atom. The van der Waals surface area contributed by atoms with E-state index >= 15 is 0 Å². The number of carbonyl (C=O) groups is 1. The van der Waals surface area contributed by atoms with Crippen molar-refractivity contribution in [1.29, 1.82) is 0 Å². The van der Waals surface area contributed by atoms with E-state index in [1.54, 1.807) is 0 Å². The van der Waals surface area contributed by atoms with E-state index < -0.39 is 24.2 Å². The number of hydrogen-bond donors (Lipinski definition) is 2. The van der Waals surface area contributed by atoms with Crippen LogP contribution in [0.2, 0.25) is 0 Å². The lowest BCUT2D eigenvalue weighted by Gasteiger charge is -2.24. The van der Waals surface area contributed by atoms with Gasteiger partial charge in [0.05, 0.1) is 6.54 Å². The third-order valence-corrected chi connectivity index (χ3v) is 1.95. The summed E-state index contributed by atoms with van der Waals surface area (Å²) in [5, 5.41) is 8.62. The first-order valence-electron chi connectivity index (χ1n) is 4.32. The van der Waals surface area contributed by atoms with Crippen molar-refractivity contribution in [3.05, 3.63) is 0 Å². The molecule has 0 bridgehead atoms. The lowest BCUT2D eigenvalue weighted by atomic mass is 10.00. The number of carboxylic acids is 1. The third-order valence-electron chi connectivity index (χ3n) is 1.95. The number of rotatable bonds is 5. The molecule has 0 amide bonds. The number of aliphatic carboxylic acids is 1. The topological polar surface area (TPSA) is 66.6 Å². The zero-order chi connectivity index (χ0) is 12.3. The van der Waals surface area contributed by atoms with Gasteiger partial charge in [-0.15, -0.1) is 0 Å². The molecule has 0 aliphatic carbocycles. The minimum absolute atomic E-state index is 0.0151. The van der Waals surface area contributed by atoms with Gasteiger partial charge in [-0.2, -0.15) is 13.2 Å². The van der Waals surface area contributed by atoms with E-state index in [0.29, 0.717) is 0 Å². The monoisotopic (exact) mass is 228 g/mol. The van der Waals surface area contributed by atoms with Gasteiger partial charge in [0.25, 0.3) is 0 Å². The molecule has 0 saturated carbocycles. The maximum absolute atomic E-state index is 11.9. The van der Waals surface area contributed by atoms with Gasteiger partial charge < -0.3 is 10.8 Å². The Labute approximate surface area is 85.8 Å². The summed E-state index contributed by atoms with van der Waals surface area (Å²) in [6, 6.07) is 0. The molecule has 0 aromatic rings. The summed E-state index contributed by atoms with van der Waals surface area (Å²) in [7, 11) is 1.27. The molecule has 15 heavy (non-hydrogen) atoms. The summed E-state index contributed by atoms with van der Waals surface area (Å²) >= 11 is 0. The van der Waals surface area contributed by atoms with E-state index in [-0.39, 0.29) is 13.0 Å². The smallest absolute Gasteiger partial charge is 0.401 e. The molecule has 4 nitrogen and oxygen atoms in total. The summed E-state index contributed by atoms with van der Waals surface area (Å²) in [4.78, 5) is 11.5. The van der Waals surface area contributed by atoms with Crippen molar-refractivity contribution in [2.45, 2.75) is 25.1 Å². The Bertz CT molecular complexity index is 228. The largest absolute Gasteiger partial charge is 0.480 e. The fourth-order valence-corrected chi connectivity index (χ4v) is 0.915. The Morgan fingerprint density at radius 2 is 1.93 bits per heavy atom. The maximum Gasteiger partial charge on any atom is 0.401 e. The van der Waals surface area contributed by atoms with Crippen molar-refractivity contribution < 1.29 is 23.1 Å². The molecule has 90 valence electrons. The van der Waals surface area contributed by atoms with Crippen LogP contribution in [0.4, 0.5) is 13.2 Å². The maximum atomic E-state index is 11.9. The molecule has 0 fully saturated rings. The van der Waals surface area contributed by atoms with Crippen LogP contribution in [-0.4, -0.2) is 47.8 Å². The van der Waals surface area contributed by atoms with Crippen molar-refractivity contribution in [2.24, 2.45) is 5.73 Å². The number of alkyl halides is 3. The lowest BCUT2D eigenvalue weighted by molar-refractivity contribution is -0.145. The van der Waals surface area contributed by atoms with Crippen molar-refractivity contribution in [3.8, 4) is 0 Å². The number of nitrogens with zero attached hydrogens (tertiary/aromatic N) is 1. The fraction of sp³-hybridized carbons (Fsp3) is 0.875. The molecule has 0 rings (SSSR count). The highest BCUT2D eigenvalue weighted by Gasteiger charge is 2.32. The molecule has 0 aliphatic rings. The second-order valence-electron chi connectivity index (χ2n) is 3.83. The lowest BCUT2D eigenvalue weighted by Crippen LogP contribution is -2.47. The summed E-state index contributed by atoms with van der Waals surface area (Å²) in [6.07, 6.45) is -4.31. The van der Waals surface area contributed by atoms with Gasteiger partial charge >= 0.3 is 12.1 Å². The molecule has 3 N–H and O–H groups in total. The molecule has 1 unspecified atom stereocenters. The van der Waals surface area contributed by atoms with E-state index in [0.717, 1.165) is 4.90 Å². The van der Waals surface area contributed by atoms with Crippen LogP contribution in [0.15, 0.2) is 0 Å². The van der Waals surface area contributed by atoms with Gasteiger partial charge in [0.2, 0.25) is 0 Å². The van der Waals surface area contributed by atoms with Crippen molar-refractivity contribution >= 4 is 5.97 Å². The van der Waals surface area contributed by atoms with Gasteiger partial charge in [-0.25, -0.2) is 0 Å². The Balaban J connectivity index is 4.01. The second kappa shape index (κ2) is 4.80. The predicted molar refractivity (Wildman–Crippen MR) is 48.4 cm³/mol. The van der Waals surface area contributed by atoms with Crippen molar-refractivity contribution in [3.63, 3.8) is 0 Å². The number of hydrogen-bond acceptors (Lipinski definition) is 3. The van der Waals surface area contributed by atoms with Gasteiger partial charge in [0, 0.05) is 6.54 Å². The molecular weight excluding hydrogens is 213 g/mol. The number of carboxylic acid groups (broad SMARTS) is 1. The molecule has 0 radical (unpaired) electrons. The highest BCUT2D eigenvalue weighted by molar-refractivity contribution is 5.77. The predicted octanol–water partition coefficient (Wildman–Crippen LogP) is 0.673. The van der Waals surface area contributed by atoms with Gasteiger partial charge in [0.15, 0.2) is 0 Å². The Kier molecular flexibility index (Phi) is 4.54. The highest BCUT2D eigenvalue weighted by Crippen LogP contribution is 2.16. The average molecular weight is 228 g/mol. The standard InChI is InChI=1S/C8H15F3N2O2/c1-7(12,6(14)15)3-4-13(2)5-8(9,10)11/h3-5,12H2,1-2H3,(H,14,15). The minimum Gasteiger partial charge on any atom is -0.480 e. The first kappa shape index (κ1) is 14.2. The summed E-state index contributed by atoms with van der Waals surface area (Å²) in [6.45, 7) is 0.193. The van der Waals surface area contributed by atoms with Gasteiger partial charge in [-0.3, -0.25) is 9.69 Å². The van der Waals surface area contributed by atoms with Gasteiger partial charge in [-0.1, -0.05) is 0 Å². The number of nitrogens with two attached hydrogens (primary N) is 1. The Hall–Kier alpha value is -0.820. The van der Waals surface area contributed by atoms with Crippen LogP contribution in [0.5, 0.6) is 0 Å². The zero-order valence-corrected chi connectivity index (χ0v) is 8.64. The molecule has 0 heterocycles. The third kappa shape index (κ3) is 6.29. The average Bonchev–Trinajstić information content (AvgIpc) is 1.97. The van der Waals surface area contributed by atoms with Gasteiger partial charge in [0.1, 0.15) is 5.54 Å². The molecule has 0 aliphatic heterocycles. The van der Waals surface area contributed by atoms with Crippen LogP contribution in [-0.2, 0) is 4.79 Å². The second-order valence-corrected chi connectivity index (χ2v) is 3.83. The van der Waals surface area contributed by atoms with Crippen molar-refractivity contribution in [1.82, 2.24) is 4.90 Å². The summed E-state index contributed by atoms with van der Waals surface area (Å²) < 4.78 is 35.7. The molecule has 0 aromatic heterocycles. The normalized spacial score (nSPS) is 16.5. The van der Waals surface area contributed by atoms with Crippen LogP contribution in [0, 0.1) is 0 Å². The van der Waals surface area contributed by atoms with E-state index in [1.807, 2.05) is 0 Å². The van der Waals surface area contributed by atoms with Crippen LogP contribution < -0.4 is 5.73 Å². The van der Waals surface area contributed by atoms with Crippen LogP contribution in [0.25, 0.3) is 0 Å². The molecule has 1 atom stereocenters. The summed E-state index contributed by atoms with van der Waals surface area (Å²) in [5.74, 6) is -1.22.